The number of fused-ring (bicyclic) bond motifs is 1. The molecule has 1 aromatic carbocycles. The molecule has 3 aromatic rings. The third-order valence-electron chi connectivity index (χ3n) is 7.21. The van der Waals surface area contributed by atoms with Gasteiger partial charge in [-0.25, -0.2) is 18.4 Å². The Bertz CT molecular complexity index is 1310. The number of morpholine rings is 1. The van der Waals surface area contributed by atoms with Crippen molar-refractivity contribution in [1.29, 1.82) is 0 Å². The van der Waals surface area contributed by atoms with Crippen molar-refractivity contribution >= 4 is 26.9 Å². The molecule has 0 spiro atoms. The fourth-order valence-corrected chi connectivity index (χ4v) is 5.97. The quantitative estimate of drug-likeness (QED) is 0.454. The number of benzene rings is 1. The summed E-state index contributed by atoms with van der Waals surface area (Å²) in [5.74, 6) is 1.12. The van der Waals surface area contributed by atoms with Crippen LogP contribution >= 0.6 is 0 Å². The Hall–Kier alpha value is -2.70. The minimum absolute atomic E-state index is 0.214. The van der Waals surface area contributed by atoms with Gasteiger partial charge in [-0.3, -0.25) is 4.98 Å². The number of nitrogens with zero attached hydrogens (tertiary/aromatic N) is 5. The molecule has 2 N–H and O–H groups in total. The van der Waals surface area contributed by atoms with Gasteiger partial charge in [-0.15, -0.1) is 0 Å². The molecule has 0 aliphatic carbocycles. The molecule has 37 heavy (non-hydrogen) atoms. The Morgan fingerprint density at radius 2 is 1.86 bits per heavy atom. The number of anilines is 1. The summed E-state index contributed by atoms with van der Waals surface area (Å²) in [6.07, 6.45) is 6.43. The number of nitrogens with one attached hydrogen (secondary N) is 1. The number of hydrogen-bond acceptors (Lipinski definition) is 9. The standard InChI is InChI=1S/C26H34N6O4S/c1-37(34,35)32-13-15-36-22(18-32)17-29-26-25-24(27-8-9-28-25)16-23(30-26)21-4-2-19(3-5-21)20-6-10-31(11-7-20)12-14-33/h2-5,8-9,16,20,22,33H,6-7,10-15,17-18H2,1H3,(H,29,30). The van der Waals surface area contributed by atoms with E-state index in [1.54, 1.807) is 12.4 Å². The lowest BCUT2D eigenvalue weighted by Crippen LogP contribution is -2.47. The summed E-state index contributed by atoms with van der Waals surface area (Å²) in [5, 5.41) is 12.5. The number of pyridine rings is 1. The summed E-state index contributed by atoms with van der Waals surface area (Å²) in [5.41, 5.74) is 4.51. The van der Waals surface area contributed by atoms with Gasteiger partial charge in [0.25, 0.3) is 0 Å². The van der Waals surface area contributed by atoms with E-state index < -0.39 is 10.0 Å². The SMILES string of the molecule is CS(=O)(=O)N1CCOC(CNc2nc(-c3ccc(C4CCN(CCO)CC4)cc3)cc3nccnc23)C1. The number of ether oxygens (including phenoxy) is 1. The fourth-order valence-electron chi connectivity index (χ4n) is 5.13. The molecule has 2 saturated heterocycles. The van der Waals surface area contributed by atoms with E-state index in [1.807, 2.05) is 6.07 Å². The van der Waals surface area contributed by atoms with Gasteiger partial charge in [-0.1, -0.05) is 24.3 Å². The highest BCUT2D eigenvalue weighted by Crippen LogP contribution is 2.31. The van der Waals surface area contributed by atoms with Crippen LogP contribution in [0.3, 0.4) is 0 Å². The number of hydrogen-bond donors (Lipinski definition) is 2. The lowest BCUT2D eigenvalue weighted by atomic mass is 9.89. The normalized spacial score (nSPS) is 20.3. The minimum atomic E-state index is -3.26. The van der Waals surface area contributed by atoms with E-state index in [0.29, 0.717) is 43.5 Å². The van der Waals surface area contributed by atoms with Crippen LogP contribution in [0.1, 0.15) is 24.3 Å². The van der Waals surface area contributed by atoms with Gasteiger partial charge in [0.1, 0.15) is 5.52 Å². The molecule has 10 nitrogen and oxygen atoms in total. The summed E-state index contributed by atoms with van der Waals surface area (Å²) in [7, 11) is -3.26. The predicted octanol–water partition coefficient (Wildman–Crippen LogP) is 1.94. The molecule has 1 unspecified atom stereocenters. The Kier molecular flexibility index (Phi) is 7.96. The van der Waals surface area contributed by atoms with Crippen molar-refractivity contribution in [3.8, 4) is 11.3 Å². The van der Waals surface area contributed by atoms with Crippen LogP contribution in [0, 0.1) is 0 Å². The molecule has 0 amide bonds. The van der Waals surface area contributed by atoms with E-state index in [1.165, 1.54) is 16.1 Å². The van der Waals surface area contributed by atoms with Gasteiger partial charge in [-0.2, -0.15) is 4.31 Å². The van der Waals surface area contributed by atoms with Gasteiger partial charge in [-0.05, 0) is 43.5 Å². The average Bonchev–Trinajstić information content (AvgIpc) is 2.92. The number of sulfonamides is 1. The minimum Gasteiger partial charge on any atom is -0.395 e. The number of rotatable bonds is 8. The molecule has 4 heterocycles. The van der Waals surface area contributed by atoms with Crippen LogP contribution in [0.2, 0.25) is 0 Å². The van der Waals surface area contributed by atoms with Gasteiger partial charge < -0.3 is 20.1 Å². The molecule has 11 heteroatoms. The summed E-state index contributed by atoms with van der Waals surface area (Å²) < 4.78 is 31.2. The van der Waals surface area contributed by atoms with Crippen LogP contribution in [-0.2, 0) is 14.8 Å². The zero-order valence-corrected chi connectivity index (χ0v) is 21.9. The number of aliphatic hydroxyl groups excluding tert-OH is 1. The van der Waals surface area contributed by atoms with Crippen LogP contribution in [0.25, 0.3) is 22.3 Å². The number of aliphatic hydroxyl groups is 1. The highest BCUT2D eigenvalue weighted by molar-refractivity contribution is 7.88. The van der Waals surface area contributed by atoms with Gasteiger partial charge in [0.2, 0.25) is 10.0 Å². The van der Waals surface area contributed by atoms with Crippen molar-refractivity contribution in [1.82, 2.24) is 24.2 Å². The Morgan fingerprint density at radius 1 is 1.11 bits per heavy atom. The first-order valence-electron chi connectivity index (χ1n) is 12.8. The van der Waals surface area contributed by atoms with Crippen molar-refractivity contribution in [2.45, 2.75) is 24.9 Å². The maximum absolute atomic E-state index is 12.0. The number of aromatic nitrogens is 3. The average molecular weight is 527 g/mol. The maximum atomic E-state index is 12.0. The molecule has 2 fully saturated rings. The zero-order chi connectivity index (χ0) is 25.8. The second-order valence-electron chi connectivity index (χ2n) is 9.74. The predicted molar refractivity (Wildman–Crippen MR) is 143 cm³/mol. The van der Waals surface area contributed by atoms with Gasteiger partial charge in [0.15, 0.2) is 5.82 Å². The van der Waals surface area contributed by atoms with E-state index in [-0.39, 0.29) is 12.7 Å². The largest absolute Gasteiger partial charge is 0.395 e. The van der Waals surface area contributed by atoms with E-state index in [0.717, 1.165) is 49.2 Å². The zero-order valence-electron chi connectivity index (χ0n) is 21.1. The molecule has 2 aromatic heterocycles. The number of β-amino-alcohol motifs (C(OH)–C–C–N with tert-alkyl or cyclic N) is 1. The van der Waals surface area contributed by atoms with E-state index in [2.05, 4.69) is 44.5 Å². The van der Waals surface area contributed by atoms with Gasteiger partial charge >= 0.3 is 0 Å². The second kappa shape index (κ2) is 11.4. The molecule has 0 saturated carbocycles. The molecular weight excluding hydrogens is 492 g/mol. The Labute approximate surface area is 217 Å². The van der Waals surface area contributed by atoms with Crippen LogP contribution < -0.4 is 5.32 Å². The smallest absolute Gasteiger partial charge is 0.211 e. The molecule has 198 valence electrons. The molecule has 2 aliphatic rings. The highest BCUT2D eigenvalue weighted by Gasteiger charge is 2.27. The first-order valence-corrected chi connectivity index (χ1v) is 14.6. The summed E-state index contributed by atoms with van der Waals surface area (Å²) >= 11 is 0. The maximum Gasteiger partial charge on any atom is 0.211 e. The van der Waals surface area contributed by atoms with Crippen molar-refractivity contribution in [2.24, 2.45) is 0 Å². The van der Waals surface area contributed by atoms with Crippen LogP contribution in [0.15, 0.2) is 42.7 Å². The number of likely N-dealkylation sites (tertiary alicyclic amines) is 1. The summed E-state index contributed by atoms with van der Waals surface area (Å²) in [6, 6.07) is 10.5. The van der Waals surface area contributed by atoms with Crippen LogP contribution in [-0.4, -0.2) is 103 Å². The molecular formula is C26H34N6O4S. The summed E-state index contributed by atoms with van der Waals surface area (Å²) in [6.45, 7) is 4.43. The molecule has 0 radical (unpaired) electrons. The first kappa shape index (κ1) is 25.9. The van der Waals surface area contributed by atoms with E-state index in [9.17, 15) is 13.5 Å². The first-order chi connectivity index (χ1) is 17.9. The van der Waals surface area contributed by atoms with Crippen molar-refractivity contribution < 1.29 is 18.3 Å². The van der Waals surface area contributed by atoms with Crippen LogP contribution in [0.4, 0.5) is 5.82 Å². The summed E-state index contributed by atoms with van der Waals surface area (Å²) in [4.78, 5) is 16.2. The van der Waals surface area contributed by atoms with E-state index in [4.69, 9.17) is 9.72 Å². The third kappa shape index (κ3) is 6.24. The molecule has 0 bridgehead atoms. The second-order valence-corrected chi connectivity index (χ2v) is 11.7. The van der Waals surface area contributed by atoms with E-state index >= 15 is 0 Å². The van der Waals surface area contributed by atoms with Gasteiger partial charge in [0.05, 0.1) is 36.8 Å². The highest BCUT2D eigenvalue weighted by atomic mass is 32.2. The monoisotopic (exact) mass is 526 g/mol. The topological polar surface area (TPSA) is 121 Å². The Morgan fingerprint density at radius 3 is 2.59 bits per heavy atom. The lowest BCUT2D eigenvalue weighted by Gasteiger charge is -2.31. The van der Waals surface area contributed by atoms with Gasteiger partial charge in [0, 0.05) is 44.1 Å². The van der Waals surface area contributed by atoms with Crippen molar-refractivity contribution in [3.05, 3.63) is 48.3 Å². The molecule has 1 atom stereocenters. The lowest BCUT2D eigenvalue weighted by molar-refractivity contribution is 0.00702. The third-order valence-corrected chi connectivity index (χ3v) is 8.48. The fraction of sp³-hybridized carbons (Fsp3) is 0.500. The molecule has 5 rings (SSSR count). The van der Waals surface area contributed by atoms with Crippen LogP contribution in [0.5, 0.6) is 0 Å². The van der Waals surface area contributed by atoms with Crippen molar-refractivity contribution in [2.75, 3.05) is 64.1 Å². The van der Waals surface area contributed by atoms with Crippen molar-refractivity contribution in [3.63, 3.8) is 0 Å². The Balaban J connectivity index is 1.32. The molecule has 2 aliphatic heterocycles. The number of piperidine rings is 1.